The molecule has 0 atom stereocenters. The van der Waals surface area contributed by atoms with Gasteiger partial charge in [-0.3, -0.25) is 0 Å². The van der Waals surface area contributed by atoms with Crippen molar-refractivity contribution in [3.8, 4) is 17.0 Å². The molecule has 5 N–H and O–H groups in total. The van der Waals surface area contributed by atoms with Gasteiger partial charge in [0.1, 0.15) is 5.75 Å². The van der Waals surface area contributed by atoms with Gasteiger partial charge in [0.2, 0.25) is 0 Å². The third-order valence-corrected chi connectivity index (χ3v) is 5.30. The van der Waals surface area contributed by atoms with Crippen LogP contribution < -0.4 is 16.0 Å². The van der Waals surface area contributed by atoms with Crippen molar-refractivity contribution >= 4 is 17.6 Å². The molecule has 0 amide bonds. The van der Waals surface area contributed by atoms with Gasteiger partial charge in [0.25, 0.3) is 0 Å². The lowest BCUT2D eigenvalue weighted by atomic mass is 9.79. The van der Waals surface area contributed by atoms with Crippen LogP contribution >= 0.6 is 0 Å². The van der Waals surface area contributed by atoms with Gasteiger partial charge in [-0.05, 0) is 42.8 Å². The molecule has 1 aromatic heterocycles. The third kappa shape index (κ3) is 2.80. The van der Waals surface area contributed by atoms with Crippen LogP contribution in [0.3, 0.4) is 0 Å². The summed E-state index contributed by atoms with van der Waals surface area (Å²) in [6, 6.07) is 8.99. The average molecular weight is 350 g/mol. The lowest BCUT2D eigenvalue weighted by Gasteiger charge is -2.48. The van der Waals surface area contributed by atoms with Gasteiger partial charge in [-0.1, -0.05) is 6.07 Å². The van der Waals surface area contributed by atoms with Gasteiger partial charge in [0.15, 0.2) is 5.82 Å². The van der Waals surface area contributed by atoms with Gasteiger partial charge in [0.05, 0.1) is 5.69 Å². The molecule has 2 saturated heterocycles. The van der Waals surface area contributed by atoms with Crippen LogP contribution in [-0.2, 0) is 0 Å². The van der Waals surface area contributed by atoms with E-state index in [4.69, 9.17) is 11.1 Å². The summed E-state index contributed by atoms with van der Waals surface area (Å²) < 4.78 is 0. The van der Waals surface area contributed by atoms with Crippen LogP contribution in [-0.4, -0.2) is 47.7 Å². The third-order valence-electron chi connectivity index (χ3n) is 5.30. The predicted molar refractivity (Wildman–Crippen MR) is 102 cm³/mol. The Morgan fingerprint density at radius 2 is 2.12 bits per heavy atom. The van der Waals surface area contributed by atoms with E-state index in [0.29, 0.717) is 27.8 Å². The van der Waals surface area contributed by atoms with Crippen molar-refractivity contribution in [2.75, 3.05) is 31.1 Å². The summed E-state index contributed by atoms with van der Waals surface area (Å²) in [7, 11) is 0. The number of aromatic nitrogens is 2. The Hall–Kier alpha value is -2.93. The van der Waals surface area contributed by atoms with Crippen molar-refractivity contribution in [3.63, 3.8) is 0 Å². The Morgan fingerprint density at radius 3 is 2.69 bits per heavy atom. The molecule has 0 radical (unpaired) electrons. The lowest BCUT2D eigenvalue weighted by Crippen LogP contribution is -2.57. The first-order chi connectivity index (χ1) is 12.6. The number of nitrogens with zero attached hydrogens (tertiary/aromatic N) is 3. The highest BCUT2D eigenvalue weighted by molar-refractivity contribution is 6.08. The lowest BCUT2D eigenvalue weighted by molar-refractivity contribution is 0.241. The summed E-state index contributed by atoms with van der Waals surface area (Å²) in [5, 5.41) is 29.7. The largest absolute Gasteiger partial charge is 0.507 e. The number of hydrogen-bond donors (Lipinski definition) is 4. The number of phenolic OH excluding ortho intramolecular Hbond substituents is 1. The first-order valence-electron chi connectivity index (χ1n) is 8.70. The fourth-order valence-electron chi connectivity index (χ4n) is 3.78. The summed E-state index contributed by atoms with van der Waals surface area (Å²) in [5.74, 6) is 0.963. The highest BCUT2D eigenvalue weighted by Crippen LogP contribution is 2.38. The minimum absolute atomic E-state index is 0.0886. The van der Waals surface area contributed by atoms with E-state index in [1.165, 1.54) is 12.6 Å². The molecule has 7 heteroatoms. The molecule has 2 fully saturated rings. The number of aromatic hydroxyl groups is 1. The standard InChI is InChI=1S/C19H22N6O/c20-8-14(9-21)13-1-2-15(17(26)7-13)16-3-4-18(24-23-16)25-11-19(12-25)5-6-22-10-19/h1-4,7-9,20,22,26H,5-6,10-12,21H2. The smallest absolute Gasteiger partial charge is 0.151 e. The fraction of sp³-hybridized carbons (Fsp3) is 0.316. The molecule has 3 heterocycles. The van der Waals surface area contributed by atoms with Gasteiger partial charge in [-0.25, -0.2) is 0 Å². The quantitative estimate of drug-likeness (QED) is 0.623. The molecule has 7 nitrogen and oxygen atoms in total. The van der Waals surface area contributed by atoms with Crippen molar-refractivity contribution in [2.24, 2.45) is 11.1 Å². The molecule has 0 aliphatic carbocycles. The number of phenols is 1. The molecular weight excluding hydrogens is 328 g/mol. The van der Waals surface area contributed by atoms with Crippen molar-refractivity contribution in [3.05, 3.63) is 42.1 Å². The van der Waals surface area contributed by atoms with Gasteiger partial charge in [-0.15, -0.1) is 10.2 Å². The van der Waals surface area contributed by atoms with E-state index in [1.807, 2.05) is 12.1 Å². The van der Waals surface area contributed by atoms with E-state index in [0.717, 1.165) is 38.2 Å². The number of nitrogens with one attached hydrogen (secondary N) is 2. The second-order valence-corrected chi connectivity index (χ2v) is 7.06. The summed E-state index contributed by atoms with van der Waals surface area (Å²) in [6.07, 6.45) is 3.72. The van der Waals surface area contributed by atoms with E-state index < -0.39 is 0 Å². The van der Waals surface area contributed by atoms with E-state index >= 15 is 0 Å². The summed E-state index contributed by atoms with van der Waals surface area (Å²) in [6.45, 7) is 4.23. The van der Waals surface area contributed by atoms with Crippen LogP contribution in [0.1, 0.15) is 12.0 Å². The normalized spacial score (nSPS) is 18.8. The Bertz CT molecular complexity index is 847. The molecule has 26 heavy (non-hydrogen) atoms. The number of benzene rings is 1. The molecule has 1 aromatic carbocycles. The zero-order chi connectivity index (χ0) is 18.1. The maximum absolute atomic E-state index is 10.3. The first-order valence-corrected chi connectivity index (χ1v) is 8.70. The molecule has 4 rings (SSSR count). The van der Waals surface area contributed by atoms with Crippen molar-refractivity contribution in [2.45, 2.75) is 6.42 Å². The van der Waals surface area contributed by atoms with Crippen LogP contribution in [0.5, 0.6) is 5.75 Å². The van der Waals surface area contributed by atoms with Gasteiger partial charge < -0.3 is 26.5 Å². The van der Waals surface area contributed by atoms with E-state index in [1.54, 1.807) is 18.2 Å². The zero-order valence-electron chi connectivity index (χ0n) is 14.4. The molecule has 2 aromatic rings. The summed E-state index contributed by atoms with van der Waals surface area (Å²) in [4.78, 5) is 2.25. The van der Waals surface area contributed by atoms with E-state index in [9.17, 15) is 5.11 Å². The highest BCUT2D eigenvalue weighted by atomic mass is 16.3. The zero-order valence-corrected chi connectivity index (χ0v) is 14.4. The van der Waals surface area contributed by atoms with Crippen molar-refractivity contribution < 1.29 is 5.11 Å². The topological polar surface area (TPSA) is 111 Å². The Balaban J connectivity index is 1.51. The van der Waals surface area contributed by atoms with E-state index in [-0.39, 0.29) is 5.75 Å². The summed E-state index contributed by atoms with van der Waals surface area (Å²) >= 11 is 0. The molecule has 0 unspecified atom stereocenters. The fourth-order valence-corrected chi connectivity index (χ4v) is 3.78. The van der Waals surface area contributed by atoms with Crippen LogP contribution in [0.25, 0.3) is 16.8 Å². The highest BCUT2D eigenvalue weighted by Gasteiger charge is 2.45. The van der Waals surface area contributed by atoms with Crippen LogP contribution in [0.15, 0.2) is 36.5 Å². The molecular formula is C19H22N6O. The van der Waals surface area contributed by atoms with Gasteiger partial charge in [0, 0.05) is 48.6 Å². The molecule has 2 aliphatic heterocycles. The Morgan fingerprint density at radius 1 is 1.27 bits per heavy atom. The molecule has 2 aliphatic rings. The average Bonchev–Trinajstić information content (AvgIpc) is 3.12. The number of nitrogens with two attached hydrogens (primary N) is 1. The van der Waals surface area contributed by atoms with Crippen LogP contribution in [0.4, 0.5) is 5.82 Å². The van der Waals surface area contributed by atoms with Crippen LogP contribution in [0.2, 0.25) is 0 Å². The second-order valence-electron chi connectivity index (χ2n) is 7.06. The number of hydrogen-bond acceptors (Lipinski definition) is 7. The maximum atomic E-state index is 10.3. The first kappa shape index (κ1) is 16.5. The monoisotopic (exact) mass is 350 g/mol. The minimum Gasteiger partial charge on any atom is -0.507 e. The predicted octanol–water partition coefficient (Wildman–Crippen LogP) is 1.60. The SMILES string of the molecule is N=CC(=CN)c1ccc(-c2ccc(N3CC4(CCNC4)C3)nn2)c(O)c1. The number of rotatable bonds is 4. The Kier molecular flexibility index (Phi) is 4.08. The van der Waals surface area contributed by atoms with Gasteiger partial charge >= 0.3 is 0 Å². The maximum Gasteiger partial charge on any atom is 0.151 e. The Labute approximate surface area is 152 Å². The number of anilines is 1. The minimum atomic E-state index is 0.0886. The molecule has 0 bridgehead atoms. The van der Waals surface area contributed by atoms with Crippen molar-refractivity contribution in [1.29, 1.82) is 5.41 Å². The molecule has 134 valence electrons. The van der Waals surface area contributed by atoms with Crippen LogP contribution in [0, 0.1) is 10.8 Å². The summed E-state index contributed by atoms with van der Waals surface area (Å²) in [5.41, 5.74) is 8.36. The molecule has 0 saturated carbocycles. The number of allylic oxidation sites excluding steroid dienone is 1. The van der Waals surface area contributed by atoms with Gasteiger partial charge in [-0.2, -0.15) is 0 Å². The molecule has 1 spiro atoms. The second kappa shape index (κ2) is 6.42. The van der Waals surface area contributed by atoms with Crippen molar-refractivity contribution in [1.82, 2.24) is 15.5 Å². The van der Waals surface area contributed by atoms with E-state index in [2.05, 4.69) is 20.4 Å².